The van der Waals surface area contributed by atoms with Crippen LogP contribution >= 0.6 is 0 Å². The number of carbonyl (C=O) groups excluding carboxylic acids is 1. The molecular weight excluding hydrogens is 262 g/mol. The molecule has 7 nitrogen and oxygen atoms in total. The van der Waals surface area contributed by atoms with Gasteiger partial charge >= 0.3 is 11.9 Å². The molecule has 1 saturated carbocycles. The van der Waals surface area contributed by atoms with E-state index in [9.17, 15) is 9.59 Å². The Morgan fingerprint density at radius 3 is 2.70 bits per heavy atom. The smallest absolute Gasteiger partial charge is 0.376 e. The first-order chi connectivity index (χ1) is 9.51. The minimum atomic E-state index is -0.852. The molecule has 0 amide bonds. The molecule has 1 heterocycles. The normalized spacial score (nSPS) is 13.9. The molecule has 0 saturated heterocycles. The molecule has 0 spiro atoms. The van der Waals surface area contributed by atoms with Crippen LogP contribution in [-0.4, -0.2) is 46.7 Å². The van der Waals surface area contributed by atoms with E-state index in [-0.39, 0.29) is 12.2 Å². The van der Waals surface area contributed by atoms with Gasteiger partial charge < -0.3 is 14.7 Å². The number of aryl methyl sites for hydroxylation is 1. The summed E-state index contributed by atoms with van der Waals surface area (Å²) in [4.78, 5) is 32.4. The molecule has 1 aliphatic rings. The van der Waals surface area contributed by atoms with Gasteiger partial charge in [-0.3, -0.25) is 4.79 Å². The van der Waals surface area contributed by atoms with Gasteiger partial charge in [0, 0.05) is 24.3 Å². The Morgan fingerprint density at radius 2 is 2.15 bits per heavy atom. The number of aromatic nitrogens is 2. The van der Waals surface area contributed by atoms with Gasteiger partial charge in [-0.1, -0.05) is 0 Å². The Bertz CT molecular complexity index is 528. The number of esters is 1. The highest BCUT2D eigenvalue weighted by atomic mass is 16.5. The van der Waals surface area contributed by atoms with E-state index in [4.69, 9.17) is 5.11 Å². The molecule has 108 valence electrons. The molecular formula is C13H17N3O4. The molecule has 0 bridgehead atoms. The third kappa shape index (κ3) is 3.43. The predicted octanol–water partition coefficient (Wildman–Crippen LogP) is 1.02. The fraction of sp³-hybridized carbons (Fsp3) is 0.538. The zero-order valence-corrected chi connectivity index (χ0v) is 11.5. The second-order valence-electron chi connectivity index (χ2n) is 4.75. The first kappa shape index (κ1) is 14.2. The second-order valence-corrected chi connectivity index (χ2v) is 4.75. The third-order valence-electron chi connectivity index (χ3n) is 3.06. The van der Waals surface area contributed by atoms with Gasteiger partial charge in [-0.15, -0.1) is 0 Å². The van der Waals surface area contributed by atoms with Crippen LogP contribution in [0.25, 0.3) is 0 Å². The summed E-state index contributed by atoms with van der Waals surface area (Å²) in [5, 5.41) is 8.81. The number of aliphatic carboxylic acids is 1. The number of carbonyl (C=O) groups is 2. The summed E-state index contributed by atoms with van der Waals surface area (Å²) in [6.07, 6.45) is 2.06. The van der Waals surface area contributed by atoms with Crippen LogP contribution in [0.1, 0.15) is 35.6 Å². The summed E-state index contributed by atoms with van der Waals surface area (Å²) in [5.74, 6) is -0.858. The molecule has 1 aromatic rings. The average molecular weight is 279 g/mol. The number of rotatable bonds is 6. The van der Waals surface area contributed by atoms with E-state index in [1.165, 1.54) is 7.11 Å². The summed E-state index contributed by atoms with van der Waals surface area (Å²) in [6, 6.07) is 2.06. The highest BCUT2D eigenvalue weighted by Gasteiger charge is 2.31. The zero-order chi connectivity index (χ0) is 14.7. The summed E-state index contributed by atoms with van der Waals surface area (Å²) >= 11 is 0. The summed E-state index contributed by atoms with van der Waals surface area (Å²) < 4.78 is 4.62. The monoisotopic (exact) mass is 279 g/mol. The van der Waals surface area contributed by atoms with Crippen LogP contribution in [0.3, 0.4) is 0 Å². The largest absolute Gasteiger partial charge is 0.481 e. The minimum absolute atomic E-state index is 0.00322. The molecule has 7 heteroatoms. The number of hydrogen-bond acceptors (Lipinski definition) is 6. The Morgan fingerprint density at radius 1 is 1.45 bits per heavy atom. The second kappa shape index (κ2) is 5.85. The Balaban J connectivity index is 2.25. The van der Waals surface area contributed by atoms with Gasteiger partial charge in [-0.05, 0) is 19.8 Å². The van der Waals surface area contributed by atoms with Crippen molar-refractivity contribution in [3.63, 3.8) is 0 Å². The molecule has 20 heavy (non-hydrogen) atoms. The highest BCUT2D eigenvalue weighted by Crippen LogP contribution is 2.31. The summed E-state index contributed by atoms with van der Waals surface area (Å²) in [7, 11) is 1.27. The lowest BCUT2D eigenvalue weighted by atomic mass is 10.3. The quantitative estimate of drug-likeness (QED) is 0.777. The van der Waals surface area contributed by atoms with E-state index in [0.29, 0.717) is 24.1 Å². The maximum absolute atomic E-state index is 11.5. The summed E-state index contributed by atoms with van der Waals surface area (Å²) in [6.45, 7) is 2.14. The fourth-order valence-electron chi connectivity index (χ4n) is 1.97. The van der Waals surface area contributed by atoms with Gasteiger partial charge in [-0.2, -0.15) is 0 Å². The number of methoxy groups -OCH3 is 1. The van der Waals surface area contributed by atoms with Crippen LogP contribution in [0.5, 0.6) is 0 Å². The van der Waals surface area contributed by atoms with Crippen molar-refractivity contribution in [2.24, 2.45) is 0 Å². The van der Waals surface area contributed by atoms with Gasteiger partial charge in [0.2, 0.25) is 5.82 Å². The van der Waals surface area contributed by atoms with Gasteiger partial charge in [0.25, 0.3) is 0 Å². The predicted molar refractivity (Wildman–Crippen MR) is 70.7 cm³/mol. The molecule has 1 N–H and O–H groups in total. The van der Waals surface area contributed by atoms with Crippen molar-refractivity contribution in [2.75, 3.05) is 18.6 Å². The Labute approximate surface area is 116 Å². The first-order valence-corrected chi connectivity index (χ1v) is 6.43. The number of hydrogen-bond donors (Lipinski definition) is 1. The van der Waals surface area contributed by atoms with Gasteiger partial charge in [-0.25, -0.2) is 14.8 Å². The fourth-order valence-corrected chi connectivity index (χ4v) is 1.97. The standard InChI is InChI=1S/C13H17N3O4/c1-8-7-10(15-12(14-8)13(19)20-2)16(9-3-4-9)6-5-11(17)18/h7,9H,3-6H2,1-2H3,(H,17,18). The minimum Gasteiger partial charge on any atom is -0.481 e. The molecule has 0 aliphatic heterocycles. The lowest BCUT2D eigenvalue weighted by molar-refractivity contribution is -0.136. The zero-order valence-electron chi connectivity index (χ0n) is 11.5. The molecule has 0 unspecified atom stereocenters. The Kier molecular flexibility index (Phi) is 4.16. The number of anilines is 1. The number of nitrogens with zero attached hydrogens (tertiary/aromatic N) is 3. The molecule has 2 rings (SSSR count). The molecule has 0 aromatic carbocycles. The lowest BCUT2D eigenvalue weighted by Gasteiger charge is -2.23. The van der Waals surface area contributed by atoms with Crippen molar-refractivity contribution in [3.05, 3.63) is 17.6 Å². The van der Waals surface area contributed by atoms with Crippen molar-refractivity contribution >= 4 is 17.8 Å². The molecule has 0 atom stereocenters. The lowest BCUT2D eigenvalue weighted by Crippen LogP contribution is -2.30. The van der Waals surface area contributed by atoms with Crippen LogP contribution < -0.4 is 4.90 Å². The van der Waals surface area contributed by atoms with Gasteiger partial charge in [0.05, 0.1) is 13.5 Å². The van der Waals surface area contributed by atoms with Crippen molar-refractivity contribution < 1.29 is 19.4 Å². The van der Waals surface area contributed by atoms with E-state index in [2.05, 4.69) is 14.7 Å². The molecule has 0 radical (unpaired) electrons. The maximum Gasteiger partial charge on any atom is 0.376 e. The number of ether oxygens (including phenoxy) is 1. The SMILES string of the molecule is COC(=O)c1nc(C)cc(N(CCC(=O)O)C2CC2)n1. The average Bonchev–Trinajstić information content (AvgIpc) is 3.21. The third-order valence-corrected chi connectivity index (χ3v) is 3.06. The van der Waals surface area contributed by atoms with Crippen LogP contribution in [0.4, 0.5) is 5.82 Å². The van der Waals surface area contributed by atoms with Gasteiger partial charge in [0.1, 0.15) is 5.82 Å². The van der Waals surface area contributed by atoms with Crippen LogP contribution in [0.2, 0.25) is 0 Å². The van der Waals surface area contributed by atoms with Gasteiger partial charge in [0.15, 0.2) is 0 Å². The Hall–Kier alpha value is -2.18. The van der Waals surface area contributed by atoms with Crippen LogP contribution in [-0.2, 0) is 9.53 Å². The van der Waals surface area contributed by atoms with E-state index < -0.39 is 11.9 Å². The van der Waals surface area contributed by atoms with Crippen molar-refractivity contribution in [3.8, 4) is 0 Å². The van der Waals surface area contributed by atoms with E-state index in [1.54, 1.807) is 13.0 Å². The topological polar surface area (TPSA) is 92.6 Å². The van der Waals surface area contributed by atoms with Crippen molar-refractivity contribution in [1.29, 1.82) is 0 Å². The van der Waals surface area contributed by atoms with E-state index in [1.807, 2.05) is 4.90 Å². The highest BCUT2D eigenvalue weighted by molar-refractivity contribution is 5.85. The van der Waals surface area contributed by atoms with E-state index in [0.717, 1.165) is 12.8 Å². The molecule has 1 aromatic heterocycles. The van der Waals surface area contributed by atoms with Crippen molar-refractivity contribution in [1.82, 2.24) is 9.97 Å². The van der Waals surface area contributed by atoms with Crippen LogP contribution in [0, 0.1) is 6.92 Å². The molecule has 1 aliphatic carbocycles. The summed E-state index contributed by atoms with van der Waals surface area (Å²) in [5.41, 5.74) is 0.649. The number of carboxylic acids is 1. The van der Waals surface area contributed by atoms with Crippen LogP contribution in [0.15, 0.2) is 6.07 Å². The molecule has 1 fully saturated rings. The van der Waals surface area contributed by atoms with Crippen molar-refractivity contribution in [2.45, 2.75) is 32.2 Å². The first-order valence-electron chi connectivity index (χ1n) is 6.43. The maximum atomic E-state index is 11.5. The van der Waals surface area contributed by atoms with E-state index >= 15 is 0 Å². The number of carboxylic acid groups (broad SMARTS) is 1.